The van der Waals surface area contributed by atoms with Crippen LogP contribution >= 0.6 is 0 Å². The van der Waals surface area contributed by atoms with E-state index in [0.717, 1.165) is 37.8 Å². The van der Waals surface area contributed by atoms with Gasteiger partial charge >= 0.3 is 6.18 Å². The van der Waals surface area contributed by atoms with Crippen LogP contribution < -0.4 is 10.6 Å². The Morgan fingerprint density at radius 3 is 2.18 bits per heavy atom. The third-order valence-corrected chi connectivity index (χ3v) is 6.70. The summed E-state index contributed by atoms with van der Waals surface area (Å²) in [6.07, 6.45) is -0.725. The Kier molecular flexibility index (Phi) is 6.53. The predicted octanol–water partition coefficient (Wildman–Crippen LogP) is 5.19. The zero-order valence-electron chi connectivity index (χ0n) is 19.4. The van der Waals surface area contributed by atoms with Crippen molar-refractivity contribution in [1.82, 2.24) is 10.2 Å². The van der Waals surface area contributed by atoms with Crippen molar-refractivity contribution < 1.29 is 22.8 Å². The van der Waals surface area contributed by atoms with Crippen LogP contribution in [-0.2, 0) is 11.0 Å². The minimum atomic E-state index is -4.45. The molecule has 1 amide bonds. The Hall–Kier alpha value is -3.13. The van der Waals surface area contributed by atoms with E-state index < -0.39 is 11.7 Å². The van der Waals surface area contributed by atoms with Crippen molar-refractivity contribution in [3.63, 3.8) is 0 Å². The Bertz CT molecular complexity index is 1130. The average Bonchev–Trinajstić information content (AvgIpc) is 3.12. The van der Waals surface area contributed by atoms with E-state index in [1.807, 2.05) is 0 Å². The number of anilines is 1. The smallest absolute Gasteiger partial charge is 0.381 e. The lowest BCUT2D eigenvalue weighted by atomic mass is 9.89. The van der Waals surface area contributed by atoms with Crippen molar-refractivity contribution in [2.24, 2.45) is 0 Å². The second kappa shape index (κ2) is 9.25. The summed E-state index contributed by atoms with van der Waals surface area (Å²) in [6, 6.07) is 10.4. The zero-order chi connectivity index (χ0) is 24.6. The van der Waals surface area contributed by atoms with E-state index in [-0.39, 0.29) is 17.7 Å². The Morgan fingerprint density at radius 2 is 1.62 bits per heavy atom. The van der Waals surface area contributed by atoms with E-state index in [1.54, 1.807) is 18.2 Å². The van der Waals surface area contributed by atoms with Crippen molar-refractivity contribution in [1.29, 1.82) is 0 Å². The summed E-state index contributed by atoms with van der Waals surface area (Å²) in [5.41, 5.74) is 2.18. The van der Waals surface area contributed by atoms with E-state index in [9.17, 15) is 22.8 Å². The number of fused-ring (bicyclic) bond motifs is 1. The maximum Gasteiger partial charge on any atom is 0.416 e. The number of rotatable bonds is 5. The van der Waals surface area contributed by atoms with E-state index in [4.69, 9.17) is 0 Å². The SMILES string of the molecule is CC(=O)c1ccc2c(c1)/C(=C(/N[C@H]1CC[C@H](N(C)C)CC1)c1ccc(C(F)(F)F)cc1)C(=O)N2. The summed E-state index contributed by atoms with van der Waals surface area (Å²) >= 11 is 0. The highest BCUT2D eigenvalue weighted by Gasteiger charge is 2.33. The first kappa shape index (κ1) is 24.0. The highest BCUT2D eigenvalue weighted by atomic mass is 19.4. The molecule has 0 aromatic heterocycles. The molecule has 0 bridgehead atoms. The molecule has 180 valence electrons. The van der Waals surface area contributed by atoms with Gasteiger partial charge in [0.2, 0.25) is 0 Å². The molecule has 2 N–H and O–H groups in total. The van der Waals surface area contributed by atoms with Crippen LogP contribution in [0.3, 0.4) is 0 Å². The molecule has 8 heteroatoms. The van der Waals surface area contributed by atoms with Crippen molar-refractivity contribution in [3.8, 4) is 0 Å². The quantitative estimate of drug-likeness (QED) is 0.465. The molecule has 1 aliphatic heterocycles. The molecule has 0 saturated heterocycles. The minimum absolute atomic E-state index is 0.0776. The number of halogens is 3. The molecule has 2 aromatic carbocycles. The monoisotopic (exact) mass is 471 g/mol. The van der Waals surface area contributed by atoms with Crippen LogP contribution in [0.1, 0.15) is 59.7 Å². The standard InChI is InChI=1S/C26H28F3N3O2/c1-15(33)17-6-13-22-21(14-17)23(25(34)31-22)24(16-4-7-18(8-5-16)26(27,28)29)30-19-9-11-20(12-10-19)32(2)3/h4-8,13-14,19-20,30H,9-12H2,1-3H3,(H,31,34)/b24-23-/t19-,20-. The number of nitrogens with one attached hydrogen (secondary N) is 2. The van der Waals surface area contributed by atoms with Gasteiger partial charge in [0, 0.05) is 28.9 Å². The van der Waals surface area contributed by atoms with Crippen LogP contribution in [-0.4, -0.2) is 42.8 Å². The van der Waals surface area contributed by atoms with E-state index in [1.165, 1.54) is 19.1 Å². The fourth-order valence-electron chi connectivity index (χ4n) is 4.70. The Labute approximate surface area is 197 Å². The van der Waals surface area contributed by atoms with Crippen molar-refractivity contribution in [3.05, 3.63) is 64.7 Å². The number of ketones is 1. The second-order valence-corrected chi connectivity index (χ2v) is 9.21. The van der Waals surface area contributed by atoms with E-state index in [0.29, 0.717) is 39.7 Å². The molecule has 0 spiro atoms. The number of hydrogen-bond acceptors (Lipinski definition) is 4. The van der Waals surface area contributed by atoms with Crippen molar-refractivity contribution >= 4 is 28.6 Å². The van der Waals surface area contributed by atoms with Crippen LogP contribution in [0, 0.1) is 0 Å². The molecule has 1 saturated carbocycles. The van der Waals surface area contributed by atoms with Gasteiger partial charge in [-0.3, -0.25) is 9.59 Å². The summed E-state index contributed by atoms with van der Waals surface area (Å²) in [5, 5.41) is 6.31. The van der Waals surface area contributed by atoms with Gasteiger partial charge in [-0.05, 0) is 82.6 Å². The lowest BCUT2D eigenvalue weighted by molar-refractivity contribution is -0.137. The molecule has 0 unspecified atom stereocenters. The molecule has 1 fully saturated rings. The van der Waals surface area contributed by atoms with Gasteiger partial charge in [-0.1, -0.05) is 12.1 Å². The number of amides is 1. The van der Waals surface area contributed by atoms with Crippen LogP contribution in [0.4, 0.5) is 18.9 Å². The number of nitrogens with zero attached hydrogens (tertiary/aromatic N) is 1. The Morgan fingerprint density at radius 1 is 1.00 bits per heavy atom. The lowest BCUT2D eigenvalue weighted by Gasteiger charge is -2.34. The topological polar surface area (TPSA) is 61.4 Å². The van der Waals surface area contributed by atoms with Crippen LogP contribution in [0.15, 0.2) is 42.5 Å². The highest BCUT2D eigenvalue weighted by Crippen LogP contribution is 2.38. The van der Waals surface area contributed by atoms with Crippen LogP contribution in [0.5, 0.6) is 0 Å². The highest BCUT2D eigenvalue weighted by molar-refractivity contribution is 6.36. The number of hydrogen-bond donors (Lipinski definition) is 2. The van der Waals surface area contributed by atoms with Gasteiger partial charge in [0.15, 0.2) is 5.78 Å². The molecule has 0 radical (unpaired) electrons. The van der Waals surface area contributed by atoms with Gasteiger partial charge in [0.25, 0.3) is 5.91 Å². The fraction of sp³-hybridized carbons (Fsp3) is 0.385. The summed E-state index contributed by atoms with van der Waals surface area (Å²) < 4.78 is 39.4. The molecule has 34 heavy (non-hydrogen) atoms. The first-order chi connectivity index (χ1) is 16.0. The van der Waals surface area contributed by atoms with Gasteiger partial charge in [-0.2, -0.15) is 13.2 Å². The lowest BCUT2D eigenvalue weighted by Crippen LogP contribution is -2.39. The zero-order valence-corrected chi connectivity index (χ0v) is 19.4. The van der Waals surface area contributed by atoms with Gasteiger partial charge in [0.1, 0.15) is 0 Å². The van der Waals surface area contributed by atoms with Gasteiger partial charge < -0.3 is 15.5 Å². The number of carbonyl (C=O) groups excluding carboxylic acids is 2. The summed E-state index contributed by atoms with van der Waals surface area (Å²) in [7, 11) is 4.11. The molecule has 0 atom stereocenters. The van der Waals surface area contributed by atoms with Crippen molar-refractivity contribution in [2.45, 2.75) is 50.9 Å². The molecule has 4 rings (SSSR count). The third-order valence-electron chi connectivity index (χ3n) is 6.70. The summed E-state index contributed by atoms with van der Waals surface area (Å²) in [4.78, 5) is 27.2. The van der Waals surface area contributed by atoms with Gasteiger partial charge in [-0.15, -0.1) is 0 Å². The van der Waals surface area contributed by atoms with Gasteiger partial charge in [0.05, 0.1) is 16.8 Å². The molecule has 1 aliphatic carbocycles. The molecular weight excluding hydrogens is 443 g/mol. The summed E-state index contributed by atoms with van der Waals surface area (Å²) in [6.45, 7) is 1.45. The predicted molar refractivity (Wildman–Crippen MR) is 126 cm³/mol. The fourth-order valence-corrected chi connectivity index (χ4v) is 4.70. The normalized spacial score (nSPS) is 21.8. The number of Topliss-reactive ketones (excluding diaryl/α,β-unsaturated/α-hetero) is 1. The molecule has 2 aliphatic rings. The Balaban J connectivity index is 1.77. The second-order valence-electron chi connectivity index (χ2n) is 9.21. The number of benzene rings is 2. The third kappa shape index (κ3) is 4.87. The molecule has 1 heterocycles. The molecule has 2 aromatic rings. The van der Waals surface area contributed by atoms with E-state index >= 15 is 0 Å². The van der Waals surface area contributed by atoms with Gasteiger partial charge in [-0.25, -0.2) is 0 Å². The van der Waals surface area contributed by atoms with Crippen LogP contribution in [0.2, 0.25) is 0 Å². The molecular formula is C26H28F3N3O2. The maximum absolute atomic E-state index is 13.1. The van der Waals surface area contributed by atoms with Crippen LogP contribution in [0.25, 0.3) is 11.3 Å². The minimum Gasteiger partial charge on any atom is -0.381 e. The number of alkyl halides is 3. The van der Waals surface area contributed by atoms with Crippen molar-refractivity contribution in [2.75, 3.05) is 19.4 Å². The maximum atomic E-state index is 13.1. The van der Waals surface area contributed by atoms with E-state index in [2.05, 4.69) is 29.6 Å². The number of carbonyl (C=O) groups is 2. The largest absolute Gasteiger partial charge is 0.416 e. The average molecular weight is 472 g/mol. The first-order valence-electron chi connectivity index (χ1n) is 11.4. The molecule has 5 nitrogen and oxygen atoms in total. The first-order valence-corrected chi connectivity index (χ1v) is 11.4. The summed E-state index contributed by atoms with van der Waals surface area (Å²) in [5.74, 6) is -0.479.